The lowest BCUT2D eigenvalue weighted by molar-refractivity contribution is -0.355. The zero-order chi connectivity index (χ0) is 16.3. The lowest BCUT2D eigenvalue weighted by atomic mass is 9.97. The number of nitrogens with zero attached hydrogens (tertiary/aromatic N) is 1. The zero-order valence-corrected chi connectivity index (χ0v) is 11.8. The molecule has 1 aliphatic heterocycles. The molecule has 0 radical (unpaired) electrons. The Hall–Kier alpha value is -1.51. The van der Waals surface area contributed by atoms with Crippen molar-refractivity contribution in [3.05, 3.63) is 35.6 Å². The van der Waals surface area contributed by atoms with E-state index in [4.69, 9.17) is 4.74 Å². The third-order valence-corrected chi connectivity index (χ3v) is 3.32. The molecule has 1 fully saturated rings. The normalized spacial score (nSPS) is 18.0. The maximum absolute atomic E-state index is 13.0. The predicted octanol–water partition coefficient (Wildman–Crippen LogP) is 2.30. The quantitative estimate of drug-likeness (QED) is 0.754. The first-order valence-corrected chi connectivity index (χ1v) is 6.56. The van der Waals surface area contributed by atoms with E-state index in [0.717, 1.165) is 0 Å². The summed E-state index contributed by atoms with van der Waals surface area (Å²) in [4.78, 5) is 13.7. The van der Waals surface area contributed by atoms with Gasteiger partial charge in [0.15, 0.2) is 5.78 Å². The maximum atomic E-state index is 13.0. The molecule has 1 saturated heterocycles. The third kappa shape index (κ3) is 4.25. The average Bonchev–Trinajstić information content (AvgIpc) is 2.37. The molecule has 0 N–H and O–H groups in total. The van der Waals surface area contributed by atoms with E-state index < -0.39 is 24.3 Å². The molecule has 8 heteroatoms. The first kappa shape index (κ1) is 16.9. The summed E-state index contributed by atoms with van der Waals surface area (Å²) in [5, 5.41) is 0. The minimum absolute atomic E-state index is 0.0307. The van der Waals surface area contributed by atoms with Crippen molar-refractivity contribution in [2.45, 2.75) is 18.5 Å². The van der Waals surface area contributed by atoms with E-state index in [1.807, 2.05) is 0 Å². The van der Waals surface area contributed by atoms with Gasteiger partial charge in [-0.15, -0.1) is 13.2 Å². The van der Waals surface area contributed by atoms with Crippen molar-refractivity contribution in [2.24, 2.45) is 0 Å². The van der Waals surface area contributed by atoms with Gasteiger partial charge in [-0.05, 0) is 17.7 Å². The highest BCUT2D eigenvalue weighted by Crippen LogP contribution is 2.31. The van der Waals surface area contributed by atoms with Gasteiger partial charge in [0, 0.05) is 20.2 Å². The monoisotopic (exact) mass is 321 g/mol. The number of likely N-dealkylation sites (tertiary alicyclic amines) is 1. The molecule has 0 bridgehead atoms. The number of rotatable bonds is 6. The Labute approximate surface area is 124 Å². The zero-order valence-electron chi connectivity index (χ0n) is 11.8. The molecule has 1 atom stereocenters. The Morgan fingerprint density at radius 1 is 1.32 bits per heavy atom. The van der Waals surface area contributed by atoms with Crippen molar-refractivity contribution in [1.29, 1.82) is 0 Å². The van der Waals surface area contributed by atoms with Gasteiger partial charge in [0.2, 0.25) is 0 Å². The van der Waals surface area contributed by atoms with Crippen LogP contribution in [0.3, 0.4) is 0 Å². The van der Waals surface area contributed by atoms with E-state index >= 15 is 0 Å². The summed E-state index contributed by atoms with van der Waals surface area (Å²) in [6, 6.07) is 4.50. The van der Waals surface area contributed by atoms with Gasteiger partial charge in [0.05, 0.1) is 12.1 Å². The molecule has 22 heavy (non-hydrogen) atoms. The van der Waals surface area contributed by atoms with Gasteiger partial charge in [-0.25, -0.2) is 4.39 Å². The molecular formula is C14H15F4NO3. The van der Waals surface area contributed by atoms with Gasteiger partial charge in [-0.1, -0.05) is 12.1 Å². The van der Waals surface area contributed by atoms with E-state index in [1.165, 1.54) is 31.4 Å². The average molecular weight is 321 g/mol. The number of benzene rings is 1. The Morgan fingerprint density at radius 2 is 1.91 bits per heavy atom. The van der Waals surface area contributed by atoms with Crippen LogP contribution in [0.2, 0.25) is 0 Å². The van der Waals surface area contributed by atoms with Crippen molar-refractivity contribution in [3.63, 3.8) is 0 Å². The SMILES string of the molecule is COCC(=O)C(c1ccc(F)cc1)N1CC(OC(F)(F)F)C1. The fraction of sp³-hybridized carbons (Fsp3) is 0.500. The fourth-order valence-electron chi connectivity index (χ4n) is 2.41. The maximum Gasteiger partial charge on any atom is 0.522 e. The minimum atomic E-state index is -4.70. The van der Waals surface area contributed by atoms with E-state index in [2.05, 4.69) is 4.74 Å². The van der Waals surface area contributed by atoms with Gasteiger partial charge >= 0.3 is 6.36 Å². The Morgan fingerprint density at radius 3 is 2.41 bits per heavy atom. The van der Waals surface area contributed by atoms with Crippen molar-refractivity contribution in [3.8, 4) is 0 Å². The van der Waals surface area contributed by atoms with Crippen molar-refractivity contribution in [2.75, 3.05) is 26.8 Å². The minimum Gasteiger partial charge on any atom is -0.377 e. The summed E-state index contributed by atoms with van der Waals surface area (Å²) in [5.74, 6) is -0.761. The van der Waals surface area contributed by atoms with Crippen LogP contribution in [0.1, 0.15) is 11.6 Å². The second-order valence-electron chi connectivity index (χ2n) is 4.99. The van der Waals surface area contributed by atoms with Crippen LogP contribution in [0.15, 0.2) is 24.3 Å². The van der Waals surface area contributed by atoms with Gasteiger partial charge in [0.1, 0.15) is 12.4 Å². The molecule has 1 heterocycles. The van der Waals surface area contributed by atoms with Crippen molar-refractivity contribution < 1.29 is 31.8 Å². The fourth-order valence-corrected chi connectivity index (χ4v) is 2.41. The molecular weight excluding hydrogens is 306 g/mol. The van der Waals surface area contributed by atoms with Crippen LogP contribution in [0.5, 0.6) is 0 Å². The number of ketones is 1. The molecule has 1 aromatic carbocycles. The van der Waals surface area contributed by atoms with Crippen LogP contribution < -0.4 is 0 Å². The van der Waals surface area contributed by atoms with Crippen LogP contribution >= 0.6 is 0 Å². The number of methoxy groups -OCH3 is 1. The number of ether oxygens (including phenoxy) is 2. The second kappa shape index (κ2) is 6.72. The highest BCUT2D eigenvalue weighted by atomic mass is 19.4. The standard InChI is InChI=1S/C14H15F4NO3/c1-21-8-12(20)13(9-2-4-10(15)5-3-9)19-6-11(7-19)22-14(16,17)18/h2-5,11,13H,6-8H2,1H3. The summed E-state index contributed by atoms with van der Waals surface area (Å²) < 4.78 is 58.1. The number of alkyl halides is 3. The lowest BCUT2D eigenvalue weighted by Crippen LogP contribution is -2.56. The third-order valence-electron chi connectivity index (χ3n) is 3.32. The predicted molar refractivity (Wildman–Crippen MR) is 68.5 cm³/mol. The highest BCUT2D eigenvalue weighted by Gasteiger charge is 2.43. The van der Waals surface area contributed by atoms with Gasteiger partial charge < -0.3 is 4.74 Å². The molecule has 0 aliphatic carbocycles. The Kier molecular flexibility index (Phi) is 5.15. The molecule has 0 amide bonds. The molecule has 0 saturated carbocycles. The Balaban J connectivity index is 2.07. The van der Waals surface area contributed by atoms with Gasteiger partial charge in [0.25, 0.3) is 0 Å². The van der Waals surface area contributed by atoms with Crippen LogP contribution in [0, 0.1) is 5.82 Å². The molecule has 4 nitrogen and oxygen atoms in total. The molecule has 2 rings (SSSR count). The van der Waals surface area contributed by atoms with Crippen molar-refractivity contribution >= 4 is 5.78 Å². The van der Waals surface area contributed by atoms with E-state index in [0.29, 0.717) is 5.56 Å². The summed E-state index contributed by atoms with van der Waals surface area (Å²) in [6.45, 7) is -0.239. The first-order chi connectivity index (χ1) is 10.3. The number of hydrogen-bond donors (Lipinski definition) is 0. The first-order valence-electron chi connectivity index (χ1n) is 6.56. The van der Waals surface area contributed by atoms with Crippen LogP contribution in [0.4, 0.5) is 17.6 Å². The van der Waals surface area contributed by atoms with Crippen LogP contribution in [-0.4, -0.2) is 50.0 Å². The summed E-state index contributed by atoms with van der Waals surface area (Å²) in [7, 11) is 1.35. The number of carbonyl (C=O) groups is 1. The summed E-state index contributed by atoms with van der Waals surface area (Å²) in [5.41, 5.74) is 0.508. The lowest BCUT2D eigenvalue weighted by Gasteiger charge is -2.43. The highest BCUT2D eigenvalue weighted by molar-refractivity contribution is 5.86. The summed E-state index contributed by atoms with van der Waals surface area (Å²) >= 11 is 0. The Bertz CT molecular complexity index is 512. The van der Waals surface area contributed by atoms with E-state index in [-0.39, 0.29) is 25.5 Å². The van der Waals surface area contributed by atoms with Gasteiger partial charge in [-0.2, -0.15) is 0 Å². The second-order valence-corrected chi connectivity index (χ2v) is 4.99. The van der Waals surface area contributed by atoms with Gasteiger partial charge in [-0.3, -0.25) is 14.4 Å². The molecule has 1 aromatic rings. The number of Topliss-reactive ketones (excluding diaryl/α,β-unsaturated/α-hetero) is 1. The summed E-state index contributed by atoms with van der Waals surface area (Å²) in [6.07, 6.45) is -5.70. The molecule has 1 unspecified atom stereocenters. The number of hydrogen-bond acceptors (Lipinski definition) is 4. The number of halogens is 4. The smallest absolute Gasteiger partial charge is 0.377 e. The topological polar surface area (TPSA) is 38.8 Å². The van der Waals surface area contributed by atoms with Crippen molar-refractivity contribution in [1.82, 2.24) is 4.90 Å². The van der Waals surface area contributed by atoms with Crippen LogP contribution in [-0.2, 0) is 14.3 Å². The van der Waals surface area contributed by atoms with E-state index in [9.17, 15) is 22.4 Å². The molecule has 1 aliphatic rings. The largest absolute Gasteiger partial charge is 0.522 e. The van der Waals surface area contributed by atoms with E-state index in [1.54, 1.807) is 4.90 Å². The molecule has 122 valence electrons. The van der Waals surface area contributed by atoms with Crippen LogP contribution in [0.25, 0.3) is 0 Å². The number of carbonyl (C=O) groups excluding carboxylic acids is 1. The molecule has 0 spiro atoms. The molecule has 0 aromatic heterocycles.